The standard InChI is InChI=1S/C50H32N6O/c1-3-13-34(14-4-1)40-22-12-23-41(35-15-5-2-6-16-35)48(40)55-33-54(46-28-25-36-17-7-8-20-42(36)49(46)55)37-18-11-19-38(29-37)57-39-26-27-44-43-21-9-10-24-45(43)56(47(44)30-39)50-52-31-51-32-53-50/h1-32H/q+2. The zero-order valence-corrected chi connectivity index (χ0v) is 30.6. The minimum Gasteiger partial charge on any atom is -0.457 e. The predicted molar refractivity (Wildman–Crippen MR) is 230 cm³/mol. The van der Waals surface area contributed by atoms with Crippen LogP contribution < -0.4 is 13.9 Å². The van der Waals surface area contributed by atoms with Gasteiger partial charge in [-0.2, -0.15) is 0 Å². The Morgan fingerprint density at radius 1 is 0.474 bits per heavy atom. The van der Waals surface area contributed by atoms with Gasteiger partial charge in [-0.15, -0.1) is 0 Å². The molecule has 0 saturated carbocycles. The van der Waals surface area contributed by atoms with E-state index in [2.05, 4.69) is 186 Å². The molecule has 10 aromatic rings. The molecule has 0 N–H and O–H groups in total. The highest BCUT2D eigenvalue weighted by atomic mass is 16.5. The average Bonchev–Trinajstić information content (AvgIpc) is 3.83. The number of hydrogen-bond donors (Lipinski definition) is 0. The van der Waals surface area contributed by atoms with Crippen molar-refractivity contribution in [3.63, 3.8) is 0 Å². The molecule has 2 aromatic heterocycles. The van der Waals surface area contributed by atoms with Crippen LogP contribution in [0.4, 0.5) is 22.7 Å². The Labute approximate surface area is 328 Å². The first-order valence-electron chi connectivity index (χ1n) is 18.8. The van der Waals surface area contributed by atoms with Gasteiger partial charge in [0, 0.05) is 29.0 Å². The molecule has 1 aliphatic heterocycles. The normalized spacial score (nSPS) is 12.1. The van der Waals surface area contributed by atoms with Gasteiger partial charge in [-0.25, -0.2) is 15.0 Å². The van der Waals surface area contributed by atoms with Crippen molar-refractivity contribution < 1.29 is 4.74 Å². The van der Waals surface area contributed by atoms with E-state index in [4.69, 9.17) is 4.74 Å². The molecular formula is C50H32N6O+2. The molecule has 3 heterocycles. The van der Waals surface area contributed by atoms with E-state index in [1.165, 1.54) is 12.7 Å². The minimum absolute atomic E-state index is 0.551. The first-order valence-corrected chi connectivity index (χ1v) is 18.8. The van der Waals surface area contributed by atoms with Crippen LogP contribution in [0, 0.1) is 0 Å². The van der Waals surface area contributed by atoms with Gasteiger partial charge in [-0.3, -0.25) is 4.57 Å². The molecule has 0 unspecified atom stereocenters. The lowest BCUT2D eigenvalue weighted by Crippen LogP contribution is -2.05. The number of nitrogens with zero attached hydrogens (tertiary/aromatic N) is 6. The molecule has 0 spiro atoms. The van der Waals surface area contributed by atoms with Gasteiger partial charge in [-0.1, -0.05) is 109 Å². The molecule has 8 aromatic carbocycles. The summed E-state index contributed by atoms with van der Waals surface area (Å²) in [5.41, 5.74) is 10.5. The second-order valence-electron chi connectivity index (χ2n) is 13.9. The van der Waals surface area contributed by atoms with E-state index < -0.39 is 0 Å². The Hall–Kier alpha value is -7.99. The van der Waals surface area contributed by atoms with Crippen molar-refractivity contribution in [3.05, 3.63) is 195 Å². The number of rotatable bonds is 7. The van der Waals surface area contributed by atoms with E-state index in [0.717, 1.165) is 77.6 Å². The Bertz CT molecular complexity index is 3180. The zero-order valence-electron chi connectivity index (χ0n) is 30.6. The van der Waals surface area contributed by atoms with Crippen LogP contribution in [0.3, 0.4) is 0 Å². The van der Waals surface area contributed by atoms with Crippen molar-refractivity contribution in [2.24, 2.45) is 0 Å². The summed E-state index contributed by atoms with van der Waals surface area (Å²) in [5.74, 6) is 1.95. The summed E-state index contributed by atoms with van der Waals surface area (Å²) in [6.45, 7) is 0. The molecule has 7 nitrogen and oxygen atoms in total. The third-order valence-electron chi connectivity index (χ3n) is 10.6. The first-order chi connectivity index (χ1) is 28.3. The molecule has 1 aliphatic rings. The first kappa shape index (κ1) is 32.4. The van der Waals surface area contributed by atoms with Crippen LogP contribution >= 0.6 is 0 Å². The highest BCUT2D eigenvalue weighted by Gasteiger charge is 2.41. The van der Waals surface area contributed by atoms with Crippen LogP contribution in [0.5, 0.6) is 11.5 Å². The largest absolute Gasteiger partial charge is 0.503 e. The Morgan fingerprint density at radius 2 is 1.12 bits per heavy atom. The fourth-order valence-corrected chi connectivity index (χ4v) is 8.11. The van der Waals surface area contributed by atoms with Crippen molar-refractivity contribution in [3.8, 4) is 39.7 Å². The van der Waals surface area contributed by atoms with Gasteiger partial charge in [-0.05, 0) is 74.2 Å². The Kier molecular flexibility index (Phi) is 7.62. The van der Waals surface area contributed by atoms with Crippen LogP contribution in [0.15, 0.2) is 195 Å². The maximum absolute atomic E-state index is 6.66. The number of hydrogen-bond acceptors (Lipinski definition) is 4. The van der Waals surface area contributed by atoms with E-state index >= 15 is 0 Å². The quantitative estimate of drug-likeness (QED) is 0.153. The van der Waals surface area contributed by atoms with Crippen molar-refractivity contribution >= 4 is 61.3 Å². The summed E-state index contributed by atoms with van der Waals surface area (Å²) in [7, 11) is 0. The van der Waals surface area contributed by atoms with Gasteiger partial charge in [0.05, 0.1) is 33.6 Å². The number of benzene rings is 8. The molecule has 0 saturated heterocycles. The fraction of sp³-hybridized carbons (Fsp3) is 0. The van der Waals surface area contributed by atoms with Crippen LogP contribution in [-0.2, 0) is 0 Å². The molecule has 0 aliphatic carbocycles. The van der Waals surface area contributed by atoms with Gasteiger partial charge in [0.25, 0.3) is 5.69 Å². The summed E-state index contributed by atoms with van der Waals surface area (Å²) in [5, 5.41) is 4.50. The smallest absolute Gasteiger partial charge is 0.457 e. The third-order valence-corrected chi connectivity index (χ3v) is 10.6. The predicted octanol–water partition coefficient (Wildman–Crippen LogP) is 12.1. The fourth-order valence-electron chi connectivity index (χ4n) is 8.11. The summed E-state index contributed by atoms with van der Waals surface area (Å²) in [6.07, 6.45) is 3.04. The topological polar surface area (TPSA) is 58.9 Å². The van der Waals surface area contributed by atoms with E-state index in [-0.39, 0.29) is 0 Å². The molecular weight excluding hydrogens is 701 g/mol. The van der Waals surface area contributed by atoms with Gasteiger partial charge in [0.2, 0.25) is 17.3 Å². The van der Waals surface area contributed by atoms with Crippen LogP contribution in [0.2, 0.25) is 0 Å². The van der Waals surface area contributed by atoms with Crippen molar-refractivity contribution in [1.29, 1.82) is 0 Å². The maximum Gasteiger partial charge on any atom is 0.503 e. The van der Waals surface area contributed by atoms with Crippen molar-refractivity contribution in [2.75, 3.05) is 0 Å². The number of aromatic nitrogens is 4. The maximum atomic E-state index is 6.66. The van der Waals surface area contributed by atoms with Crippen LogP contribution in [-0.4, -0.2) is 25.5 Å². The molecule has 0 atom stereocenters. The summed E-state index contributed by atoms with van der Waals surface area (Å²) >= 11 is 0. The number of fused-ring (bicyclic) bond motifs is 6. The SMILES string of the molecule is C1=[N+](c2cccc(Oc3ccc4c5ccccc5n(-c5ncncn5)c4c3)c2)c2ccc3ccccc3c2[N+]=1c1c(-c2ccccc2)cccc1-c1ccccc1. The van der Waals surface area contributed by atoms with Crippen LogP contribution in [0.25, 0.3) is 60.8 Å². The Balaban J connectivity index is 1.09. The third kappa shape index (κ3) is 5.49. The Morgan fingerprint density at radius 3 is 1.89 bits per heavy atom. The summed E-state index contributed by atoms with van der Waals surface area (Å²) in [6, 6.07) is 67.2. The minimum atomic E-state index is 0.551. The molecule has 7 heteroatoms. The van der Waals surface area contributed by atoms with Crippen LogP contribution in [0.1, 0.15) is 0 Å². The average molecular weight is 733 g/mol. The monoisotopic (exact) mass is 732 g/mol. The lowest BCUT2D eigenvalue weighted by Gasteiger charge is -2.11. The van der Waals surface area contributed by atoms with Gasteiger partial charge in [0.1, 0.15) is 24.2 Å². The molecule has 0 amide bonds. The molecule has 0 bridgehead atoms. The summed E-state index contributed by atoms with van der Waals surface area (Å²) in [4.78, 5) is 13.0. The lowest BCUT2D eigenvalue weighted by atomic mass is 9.95. The number of ether oxygens (including phenoxy) is 1. The second-order valence-corrected chi connectivity index (χ2v) is 13.9. The molecule has 266 valence electrons. The molecule has 0 radical (unpaired) electrons. The van der Waals surface area contributed by atoms with Gasteiger partial charge < -0.3 is 4.74 Å². The lowest BCUT2D eigenvalue weighted by molar-refractivity contribution is 0.483. The van der Waals surface area contributed by atoms with E-state index in [1.54, 1.807) is 0 Å². The van der Waals surface area contributed by atoms with Crippen molar-refractivity contribution in [2.45, 2.75) is 0 Å². The van der Waals surface area contributed by atoms with Gasteiger partial charge >= 0.3 is 11.7 Å². The molecule has 57 heavy (non-hydrogen) atoms. The second kappa shape index (κ2) is 13.4. The van der Waals surface area contributed by atoms with Gasteiger partial charge in [0.15, 0.2) is 0 Å². The van der Waals surface area contributed by atoms with E-state index in [9.17, 15) is 0 Å². The van der Waals surface area contributed by atoms with E-state index in [0.29, 0.717) is 17.4 Å². The molecule has 0 fully saturated rings. The highest BCUT2D eigenvalue weighted by Crippen LogP contribution is 2.47. The molecule has 11 rings (SSSR count). The van der Waals surface area contributed by atoms with E-state index in [1.807, 2.05) is 30.3 Å². The number of para-hydroxylation sites is 2. The summed E-state index contributed by atoms with van der Waals surface area (Å²) < 4.78 is 13.1. The van der Waals surface area contributed by atoms with Crippen molar-refractivity contribution in [1.82, 2.24) is 28.7 Å². The zero-order chi connectivity index (χ0) is 37.7. The highest BCUT2D eigenvalue weighted by molar-refractivity contribution is 6.09.